The van der Waals surface area contributed by atoms with Gasteiger partial charge in [0.05, 0.1) is 11.3 Å². The van der Waals surface area contributed by atoms with E-state index in [1.165, 1.54) is 13.0 Å². The Kier molecular flexibility index (Phi) is 5.90. The van der Waals surface area contributed by atoms with E-state index in [0.717, 1.165) is 37.8 Å². The Morgan fingerprint density at radius 1 is 1.25 bits per heavy atom. The molecule has 0 aliphatic heterocycles. The summed E-state index contributed by atoms with van der Waals surface area (Å²) < 4.78 is 38.2. The van der Waals surface area contributed by atoms with E-state index < -0.39 is 23.7 Å². The van der Waals surface area contributed by atoms with Crippen LogP contribution in [0.5, 0.6) is 0 Å². The number of benzene rings is 1. The van der Waals surface area contributed by atoms with Crippen LogP contribution in [0.1, 0.15) is 38.2 Å². The van der Waals surface area contributed by atoms with Crippen LogP contribution in [0.3, 0.4) is 0 Å². The third-order valence-corrected chi connectivity index (χ3v) is 4.72. The maximum absolute atomic E-state index is 12.7. The first-order valence-electron chi connectivity index (χ1n) is 7.63. The van der Waals surface area contributed by atoms with Crippen LogP contribution in [0.4, 0.5) is 18.9 Å². The molecule has 2 N–H and O–H groups in total. The molecule has 1 atom stereocenters. The molecule has 1 saturated carbocycles. The molecule has 0 aromatic heterocycles. The summed E-state index contributed by atoms with van der Waals surface area (Å²) >= 11 is 3.05. The molecule has 2 amide bonds. The minimum Gasteiger partial charge on any atom is -0.344 e. The van der Waals surface area contributed by atoms with Crippen molar-refractivity contribution < 1.29 is 22.8 Å². The van der Waals surface area contributed by atoms with Gasteiger partial charge in [0.25, 0.3) is 0 Å². The van der Waals surface area contributed by atoms with E-state index in [1.54, 1.807) is 0 Å². The van der Waals surface area contributed by atoms with Gasteiger partial charge < -0.3 is 10.6 Å². The van der Waals surface area contributed by atoms with Crippen molar-refractivity contribution in [3.63, 3.8) is 0 Å². The number of anilines is 1. The number of halogens is 4. The number of rotatable bonds is 4. The highest BCUT2D eigenvalue weighted by molar-refractivity contribution is 9.10. The normalized spacial score (nSPS) is 16.7. The highest BCUT2D eigenvalue weighted by Crippen LogP contribution is 2.34. The molecule has 0 radical (unpaired) electrons. The van der Waals surface area contributed by atoms with Crippen LogP contribution in [0.15, 0.2) is 22.7 Å². The van der Waals surface area contributed by atoms with Crippen molar-refractivity contribution in [1.29, 1.82) is 0 Å². The molecular weight excluding hydrogens is 389 g/mol. The monoisotopic (exact) mass is 406 g/mol. The Bertz CT molecular complexity index is 628. The number of amides is 2. The fourth-order valence-electron chi connectivity index (χ4n) is 2.91. The van der Waals surface area contributed by atoms with Crippen molar-refractivity contribution >= 4 is 33.4 Å². The molecule has 0 saturated heterocycles. The van der Waals surface area contributed by atoms with Crippen LogP contribution < -0.4 is 10.6 Å². The van der Waals surface area contributed by atoms with Crippen molar-refractivity contribution in [2.24, 2.45) is 5.92 Å². The Balaban J connectivity index is 2.15. The van der Waals surface area contributed by atoms with Gasteiger partial charge in [0.1, 0.15) is 6.04 Å². The summed E-state index contributed by atoms with van der Waals surface area (Å²) in [5, 5.41) is 5.25. The zero-order valence-corrected chi connectivity index (χ0v) is 14.6. The molecule has 1 aromatic carbocycles. The second-order valence-electron chi connectivity index (χ2n) is 5.90. The van der Waals surface area contributed by atoms with E-state index in [9.17, 15) is 22.8 Å². The highest BCUT2D eigenvalue weighted by Gasteiger charge is 2.33. The predicted molar refractivity (Wildman–Crippen MR) is 87.3 cm³/mol. The summed E-state index contributed by atoms with van der Waals surface area (Å²) in [5.74, 6) is -0.687. The molecule has 4 nitrogen and oxygen atoms in total. The second kappa shape index (κ2) is 7.55. The lowest BCUT2D eigenvalue weighted by Gasteiger charge is -2.23. The first kappa shape index (κ1) is 18.8. The standard InChI is InChI=1S/C16H18BrF3N2O2/c1-9(23)21-14(10-4-2-3-5-10)15(24)22-13-7-6-11(8-12(13)17)16(18,19)20/h6-8,10,14H,2-5H2,1H3,(H,21,23)(H,22,24)/t14-/m0/s1. The van der Waals surface area contributed by atoms with Gasteiger partial charge in [0.15, 0.2) is 0 Å². The molecule has 1 aromatic rings. The molecule has 0 spiro atoms. The summed E-state index contributed by atoms with van der Waals surface area (Å²) in [6, 6.07) is 2.34. The third kappa shape index (κ3) is 4.72. The quantitative estimate of drug-likeness (QED) is 0.790. The van der Waals surface area contributed by atoms with Gasteiger partial charge in [-0.2, -0.15) is 13.2 Å². The van der Waals surface area contributed by atoms with E-state index in [2.05, 4.69) is 26.6 Å². The Morgan fingerprint density at radius 3 is 2.38 bits per heavy atom. The minimum absolute atomic E-state index is 0.0436. The smallest absolute Gasteiger partial charge is 0.344 e. The van der Waals surface area contributed by atoms with E-state index >= 15 is 0 Å². The van der Waals surface area contributed by atoms with Crippen LogP contribution in [-0.4, -0.2) is 17.9 Å². The average Bonchev–Trinajstić information content (AvgIpc) is 2.99. The van der Waals surface area contributed by atoms with Gasteiger partial charge in [-0.1, -0.05) is 12.8 Å². The van der Waals surface area contributed by atoms with Crippen molar-refractivity contribution in [2.75, 3.05) is 5.32 Å². The maximum Gasteiger partial charge on any atom is 0.416 e. The van der Waals surface area contributed by atoms with Crippen LogP contribution >= 0.6 is 15.9 Å². The van der Waals surface area contributed by atoms with Gasteiger partial charge in [-0.05, 0) is 52.9 Å². The topological polar surface area (TPSA) is 58.2 Å². The molecule has 0 bridgehead atoms. The summed E-state index contributed by atoms with van der Waals surface area (Å²) in [7, 11) is 0. The Hall–Kier alpha value is -1.57. The minimum atomic E-state index is -4.45. The molecule has 8 heteroatoms. The lowest BCUT2D eigenvalue weighted by atomic mass is 9.97. The van der Waals surface area contributed by atoms with Gasteiger partial charge in [0, 0.05) is 11.4 Å². The van der Waals surface area contributed by atoms with Crippen molar-refractivity contribution in [2.45, 2.75) is 44.8 Å². The molecule has 1 aliphatic carbocycles. The molecule has 2 rings (SSSR count). The Labute approximate surface area is 146 Å². The zero-order chi connectivity index (χ0) is 17.9. The van der Waals surface area contributed by atoms with E-state index in [0.29, 0.717) is 0 Å². The van der Waals surface area contributed by atoms with E-state index in [4.69, 9.17) is 0 Å². The summed E-state index contributed by atoms with van der Waals surface area (Å²) in [6.45, 7) is 1.34. The van der Waals surface area contributed by atoms with E-state index in [1.807, 2.05) is 0 Å². The molecule has 1 fully saturated rings. The van der Waals surface area contributed by atoms with Gasteiger partial charge >= 0.3 is 6.18 Å². The van der Waals surface area contributed by atoms with Gasteiger partial charge in [-0.3, -0.25) is 9.59 Å². The van der Waals surface area contributed by atoms with Crippen LogP contribution in [-0.2, 0) is 15.8 Å². The van der Waals surface area contributed by atoms with Crippen LogP contribution in [0.25, 0.3) is 0 Å². The fourth-order valence-corrected chi connectivity index (χ4v) is 3.39. The molecule has 24 heavy (non-hydrogen) atoms. The molecular formula is C16H18BrF3N2O2. The zero-order valence-electron chi connectivity index (χ0n) is 13.0. The highest BCUT2D eigenvalue weighted by atomic mass is 79.9. The second-order valence-corrected chi connectivity index (χ2v) is 6.76. The molecule has 0 unspecified atom stereocenters. The third-order valence-electron chi connectivity index (χ3n) is 4.07. The lowest BCUT2D eigenvalue weighted by Crippen LogP contribution is -2.47. The Morgan fingerprint density at radius 2 is 1.88 bits per heavy atom. The largest absolute Gasteiger partial charge is 0.416 e. The van der Waals surface area contributed by atoms with Crippen molar-refractivity contribution in [3.8, 4) is 0 Å². The fraction of sp³-hybridized carbons (Fsp3) is 0.500. The van der Waals surface area contributed by atoms with Crippen LogP contribution in [0.2, 0.25) is 0 Å². The maximum atomic E-state index is 12.7. The summed E-state index contributed by atoms with van der Waals surface area (Å²) in [5.41, 5.74) is -0.567. The number of hydrogen-bond donors (Lipinski definition) is 2. The first-order chi connectivity index (χ1) is 11.2. The molecule has 132 valence electrons. The van der Waals surface area contributed by atoms with Gasteiger partial charge in [-0.15, -0.1) is 0 Å². The summed E-state index contributed by atoms with van der Waals surface area (Å²) in [6.07, 6.45) is -0.775. The first-order valence-corrected chi connectivity index (χ1v) is 8.42. The number of nitrogens with one attached hydrogen (secondary N) is 2. The van der Waals surface area contributed by atoms with Gasteiger partial charge in [-0.25, -0.2) is 0 Å². The number of carbonyl (C=O) groups is 2. The number of alkyl halides is 3. The van der Waals surface area contributed by atoms with Crippen molar-refractivity contribution in [1.82, 2.24) is 5.32 Å². The van der Waals surface area contributed by atoms with E-state index in [-0.39, 0.29) is 22.0 Å². The molecule has 1 aliphatic rings. The molecule has 0 heterocycles. The average molecular weight is 407 g/mol. The number of hydrogen-bond acceptors (Lipinski definition) is 2. The SMILES string of the molecule is CC(=O)N[C@H](C(=O)Nc1ccc(C(F)(F)F)cc1Br)C1CCCC1. The van der Waals surface area contributed by atoms with Crippen LogP contribution in [0, 0.1) is 5.92 Å². The van der Waals surface area contributed by atoms with Gasteiger partial charge in [0.2, 0.25) is 11.8 Å². The summed E-state index contributed by atoms with van der Waals surface area (Å²) in [4.78, 5) is 23.9. The lowest BCUT2D eigenvalue weighted by molar-refractivity contribution is -0.137. The number of carbonyl (C=O) groups excluding carboxylic acids is 2. The predicted octanol–water partition coefficient (Wildman–Crippen LogP) is 4.10. The van der Waals surface area contributed by atoms with Crippen molar-refractivity contribution in [3.05, 3.63) is 28.2 Å².